The van der Waals surface area contributed by atoms with Crippen molar-refractivity contribution in [2.75, 3.05) is 25.4 Å². The smallest absolute Gasteiger partial charge is 0.309 e. The Morgan fingerprint density at radius 2 is 1.91 bits per heavy atom. The van der Waals surface area contributed by atoms with Gasteiger partial charge in [-0.1, -0.05) is 53.7 Å². The van der Waals surface area contributed by atoms with Gasteiger partial charge >= 0.3 is 5.97 Å². The number of benzene rings is 2. The lowest BCUT2D eigenvalue weighted by molar-refractivity contribution is -0.151. The fraction of sp³-hybridized carbons (Fsp3) is 0.375. The Balaban J connectivity index is 1.44. The van der Waals surface area contributed by atoms with Gasteiger partial charge in [-0.2, -0.15) is 0 Å². The van der Waals surface area contributed by atoms with Crippen molar-refractivity contribution in [3.63, 3.8) is 0 Å². The van der Waals surface area contributed by atoms with Crippen LogP contribution in [0, 0.1) is 5.92 Å². The Hall–Kier alpha value is -2.51. The number of fused-ring (bicyclic) bond motifs is 1. The molecule has 0 radical (unpaired) electrons. The minimum atomic E-state index is -0.151. The number of rotatable bonds is 7. The third-order valence-corrected chi connectivity index (χ3v) is 6.85. The van der Waals surface area contributed by atoms with Gasteiger partial charge < -0.3 is 14.2 Å². The Bertz CT molecular complexity index is 1090. The number of ether oxygens (including phenoxy) is 1. The summed E-state index contributed by atoms with van der Waals surface area (Å²) in [4.78, 5) is 31.4. The highest BCUT2D eigenvalue weighted by molar-refractivity contribution is 7.99. The second-order valence-electron chi connectivity index (χ2n) is 7.79. The first-order valence-corrected chi connectivity index (χ1v) is 12.2. The molecule has 0 spiro atoms. The van der Waals surface area contributed by atoms with E-state index in [1.54, 1.807) is 0 Å². The molecule has 0 unspecified atom stereocenters. The molecular formula is C24H26ClN3O3S. The first kappa shape index (κ1) is 22.7. The molecule has 2 heterocycles. The molecule has 0 aliphatic carbocycles. The molecule has 1 aromatic heterocycles. The molecular weight excluding hydrogens is 446 g/mol. The number of hydrogen-bond acceptors (Lipinski definition) is 5. The van der Waals surface area contributed by atoms with Crippen LogP contribution in [0.1, 0.15) is 25.3 Å². The van der Waals surface area contributed by atoms with Crippen LogP contribution in [-0.2, 0) is 20.9 Å². The lowest BCUT2D eigenvalue weighted by Crippen LogP contribution is -2.41. The Labute approximate surface area is 196 Å². The van der Waals surface area contributed by atoms with Crippen LogP contribution in [0.2, 0.25) is 5.02 Å². The van der Waals surface area contributed by atoms with Crippen molar-refractivity contribution in [3.05, 3.63) is 59.1 Å². The average Bonchev–Trinajstić information content (AvgIpc) is 3.14. The van der Waals surface area contributed by atoms with Gasteiger partial charge in [0.1, 0.15) is 0 Å². The predicted octanol–water partition coefficient (Wildman–Crippen LogP) is 4.63. The van der Waals surface area contributed by atoms with Crippen molar-refractivity contribution >= 4 is 46.3 Å². The van der Waals surface area contributed by atoms with Crippen LogP contribution in [0.3, 0.4) is 0 Å². The number of esters is 1. The number of halogens is 1. The number of piperidine rings is 1. The molecule has 168 valence electrons. The van der Waals surface area contributed by atoms with E-state index < -0.39 is 0 Å². The normalized spacial score (nSPS) is 14.6. The standard InChI is InChI=1S/C24H26ClN3O3S/c1-2-31-23(30)18-10-12-27(13-11-18)22(29)16-32-24-26-20-14-19(25)8-9-21(20)28(24)15-17-6-4-3-5-7-17/h3-9,14,18H,2,10-13,15-16H2,1H3. The van der Waals surface area contributed by atoms with Gasteiger partial charge in [-0.05, 0) is 43.5 Å². The van der Waals surface area contributed by atoms with E-state index in [0.29, 0.717) is 49.9 Å². The molecule has 32 heavy (non-hydrogen) atoms. The summed E-state index contributed by atoms with van der Waals surface area (Å²) in [6.07, 6.45) is 1.31. The average molecular weight is 472 g/mol. The predicted molar refractivity (Wildman–Crippen MR) is 127 cm³/mol. The lowest BCUT2D eigenvalue weighted by atomic mass is 9.97. The molecule has 0 N–H and O–H groups in total. The molecule has 1 saturated heterocycles. The summed E-state index contributed by atoms with van der Waals surface area (Å²) in [6, 6.07) is 15.9. The summed E-state index contributed by atoms with van der Waals surface area (Å²) in [6.45, 7) is 4.04. The third-order valence-electron chi connectivity index (χ3n) is 5.65. The highest BCUT2D eigenvalue weighted by atomic mass is 35.5. The molecule has 2 aromatic carbocycles. The van der Waals surface area contributed by atoms with Gasteiger partial charge in [-0.3, -0.25) is 9.59 Å². The zero-order valence-corrected chi connectivity index (χ0v) is 19.6. The number of carbonyl (C=O) groups is 2. The lowest BCUT2D eigenvalue weighted by Gasteiger charge is -2.30. The second-order valence-corrected chi connectivity index (χ2v) is 9.17. The third kappa shape index (κ3) is 5.27. The maximum Gasteiger partial charge on any atom is 0.309 e. The van der Waals surface area contributed by atoms with Crippen molar-refractivity contribution in [3.8, 4) is 0 Å². The number of imidazole rings is 1. The molecule has 0 atom stereocenters. The van der Waals surface area contributed by atoms with Crippen LogP contribution >= 0.6 is 23.4 Å². The number of amides is 1. The van der Waals surface area contributed by atoms with Crippen molar-refractivity contribution in [2.24, 2.45) is 5.92 Å². The number of hydrogen-bond donors (Lipinski definition) is 0. The van der Waals surface area contributed by atoms with E-state index in [0.717, 1.165) is 21.8 Å². The highest BCUT2D eigenvalue weighted by Gasteiger charge is 2.28. The van der Waals surface area contributed by atoms with Crippen LogP contribution in [-0.4, -0.2) is 51.8 Å². The Morgan fingerprint density at radius 3 is 2.62 bits per heavy atom. The Kier molecular flexibility index (Phi) is 7.37. The van der Waals surface area contributed by atoms with Crippen LogP contribution in [0.25, 0.3) is 11.0 Å². The van der Waals surface area contributed by atoms with E-state index in [1.165, 1.54) is 11.8 Å². The zero-order chi connectivity index (χ0) is 22.5. The van der Waals surface area contributed by atoms with E-state index >= 15 is 0 Å². The Morgan fingerprint density at radius 1 is 1.16 bits per heavy atom. The summed E-state index contributed by atoms with van der Waals surface area (Å²) < 4.78 is 7.25. The first-order valence-electron chi connectivity index (χ1n) is 10.8. The zero-order valence-electron chi connectivity index (χ0n) is 18.0. The molecule has 1 fully saturated rings. The van der Waals surface area contributed by atoms with Gasteiger partial charge in [0.15, 0.2) is 5.16 Å². The van der Waals surface area contributed by atoms with Gasteiger partial charge in [-0.15, -0.1) is 0 Å². The van der Waals surface area contributed by atoms with Crippen molar-refractivity contribution in [1.29, 1.82) is 0 Å². The summed E-state index contributed by atoms with van der Waals surface area (Å²) in [5.41, 5.74) is 2.97. The topological polar surface area (TPSA) is 64.4 Å². The van der Waals surface area contributed by atoms with Crippen LogP contribution in [0.4, 0.5) is 0 Å². The van der Waals surface area contributed by atoms with E-state index in [-0.39, 0.29) is 17.8 Å². The number of thioether (sulfide) groups is 1. The first-order chi connectivity index (χ1) is 15.5. The molecule has 0 saturated carbocycles. The quantitative estimate of drug-likeness (QED) is 0.371. The number of aromatic nitrogens is 2. The van der Waals surface area contributed by atoms with Gasteiger partial charge in [0.05, 0.1) is 35.9 Å². The van der Waals surface area contributed by atoms with Crippen molar-refractivity contribution < 1.29 is 14.3 Å². The maximum absolute atomic E-state index is 12.8. The summed E-state index contributed by atoms with van der Waals surface area (Å²) in [5, 5.41) is 1.43. The fourth-order valence-electron chi connectivity index (χ4n) is 3.95. The van der Waals surface area contributed by atoms with Crippen molar-refractivity contribution in [2.45, 2.75) is 31.5 Å². The summed E-state index contributed by atoms with van der Waals surface area (Å²) in [5.74, 6) is 0.109. The highest BCUT2D eigenvalue weighted by Crippen LogP contribution is 2.28. The molecule has 6 nitrogen and oxygen atoms in total. The largest absolute Gasteiger partial charge is 0.466 e. The molecule has 0 bridgehead atoms. The molecule has 1 amide bonds. The van der Waals surface area contributed by atoms with Gasteiger partial charge in [0.2, 0.25) is 5.91 Å². The van der Waals surface area contributed by atoms with Crippen LogP contribution < -0.4 is 0 Å². The van der Waals surface area contributed by atoms with Crippen LogP contribution in [0.5, 0.6) is 0 Å². The van der Waals surface area contributed by atoms with E-state index in [9.17, 15) is 9.59 Å². The number of carbonyl (C=O) groups excluding carboxylic acids is 2. The van der Waals surface area contributed by atoms with E-state index in [1.807, 2.05) is 48.2 Å². The van der Waals surface area contributed by atoms with Gasteiger partial charge in [0, 0.05) is 18.1 Å². The minimum absolute atomic E-state index is 0.0636. The van der Waals surface area contributed by atoms with E-state index in [4.69, 9.17) is 21.3 Å². The number of nitrogens with zero attached hydrogens (tertiary/aromatic N) is 3. The molecule has 8 heteroatoms. The van der Waals surface area contributed by atoms with Gasteiger partial charge in [0.25, 0.3) is 0 Å². The molecule has 4 rings (SSSR count). The summed E-state index contributed by atoms with van der Waals surface area (Å²) in [7, 11) is 0. The monoisotopic (exact) mass is 471 g/mol. The van der Waals surface area contributed by atoms with Crippen molar-refractivity contribution in [1.82, 2.24) is 14.5 Å². The molecule has 1 aliphatic heterocycles. The molecule has 3 aromatic rings. The van der Waals surface area contributed by atoms with Gasteiger partial charge in [-0.25, -0.2) is 4.98 Å². The maximum atomic E-state index is 12.8. The minimum Gasteiger partial charge on any atom is -0.466 e. The van der Waals surface area contributed by atoms with Crippen LogP contribution in [0.15, 0.2) is 53.7 Å². The second kappa shape index (κ2) is 10.4. The molecule has 1 aliphatic rings. The number of likely N-dealkylation sites (tertiary alicyclic amines) is 1. The summed E-state index contributed by atoms with van der Waals surface area (Å²) >= 11 is 7.61. The fourth-order valence-corrected chi connectivity index (χ4v) is 5.04. The SMILES string of the molecule is CCOC(=O)C1CCN(C(=O)CSc2nc3cc(Cl)ccc3n2Cc2ccccc2)CC1. The van der Waals surface area contributed by atoms with E-state index in [2.05, 4.69) is 16.7 Å².